The SMILES string of the molecule is O=C(O)CCSC1=NCCCC1. The van der Waals surface area contributed by atoms with Gasteiger partial charge in [-0.25, -0.2) is 0 Å². The maximum Gasteiger partial charge on any atom is 0.304 e. The molecular formula is C8H13NO2S. The Balaban J connectivity index is 2.13. The van der Waals surface area contributed by atoms with Crippen molar-refractivity contribution < 1.29 is 9.90 Å². The summed E-state index contributed by atoms with van der Waals surface area (Å²) in [5.41, 5.74) is 0. The van der Waals surface area contributed by atoms with Gasteiger partial charge in [-0.05, 0) is 19.3 Å². The van der Waals surface area contributed by atoms with E-state index in [0.29, 0.717) is 5.75 Å². The quantitative estimate of drug-likeness (QED) is 0.732. The van der Waals surface area contributed by atoms with Crippen LogP contribution in [0.5, 0.6) is 0 Å². The lowest BCUT2D eigenvalue weighted by Crippen LogP contribution is -2.04. The summed E-state index contributed by atoms with van der Waals surface area (Å²) in [4.78, 5) is 14.5. The maximum atomic E-state index is 10.2. The van der Waals surface area contributed by atoms with E-state index in [1.165, 1.54) is 12.8 Å². The first-order valence-corrected chi connectivity index (χ1v) is 5.15. The van der Waals surface area contributed by atoms with E-state index in [1.807, 2.05) is 0 Å². The van der Waals surface area contributed by atoms with E-state index < -0.39 is 5.97 Å². The Bertz CT molecular complexity index is 191. The molecule has 0 bridgehead atoms. The molecule has 0 spiro atoms. The van der Waals surface area contributed by atoms with Crippen LogP contribution in [-0.4, -0.2) is 28.4 Å². The second kappa shape index (κ2) is 5.19. The fourth-order valence-corrected chi connectivity index (χ4v) is 2.03. The van der Waals surface area contributed by atoms with E-state index in [-0.39, 0.29) is 6.42 Å². The fourth-order valence-electron chi connectivity index (χ4n) is 1.04. The number of carboxylic acids is 1. The molecule has 0 aromatic heterocycles. The second-order valence-corrected chi connectivity index (χ2v) is 3.89. The molecule has 68 valence electrons. The van der Waals surface area contributed by atoms with E-state index in [1.54, 1.807) is 11.8 Å². The van der Waals surface area contributed by atoms with Crippen molar-refractivity contribution in [2.24, 2.45) is 4.99 Å². The second-order valence-electron chi connectivity index (χ2n) is 2.72. The summed E-state index contributed by atoms with van der Waals surface area (Å²) in [6, 6.07) is 0. The monoisotopic (exact) mass is 187 g/mol. The Labute approximate surface area is 76.3 Å². The zero-order valence-corrected chi connectivity index (χ0v) is 7.77. The number of nitrogens with zero attached hydrogens (tertiary/aromatic N) is 1. The Hall–Kier alpha value is -0.510. The fraction of sp³-hybridized carbons (Fsp3) is 0.750. The minimum Gasteiger partial charge on any atom is -0.481 e. The number of carboxylic acid groups (broad SMARTS) is 1. The lowest BCUT2D eigenvalue weighted by atomic mass is 10.2. The minimum absolute atomic E-state index is 0.240. The molecule has 0 aliphatic carbocycles. The Morgan fingerprint density at radius 3 is 3.00 bits per heavy atom. The summed E-state index contributed by atoms with van der Waals surface area (Å²) in [7, 11) is 0. The van der Waals surface area contributed by atoms with Gasteiger partial charge in [0.05, 0.1) is 11.5 Å². The number of carbonyl (C=O) groups is 1. The number of hydrogen-bond acceptors (Lipinski definition) is 3. The topological polar surface area (TPSA) is 49.7 Å². The van der Waals surface area contributed by atoms with Crippen molar-refractivity contribution in [2.75, 3.05) is 12.3 Å². The zero-order valence-electron chi connectivity index (χ0n) is 6.95. The lowest BCUT2D eigenvalue weighted by Gasteiger charge is -2.09. The van der Waals surface area contributed by atoms with Crippen molar-refractivity contribution >= 4 is 22.8 Å². The number of rotatable bonds is 3. The van der Waals surface area contributed by atoms with Crippen LogP contribution in [0.2, 0.25) is 0 Å². The van der Waals surface area contributed by atoms with Gasteiger partial charge in [0, 0.05) is 12.3 Å². The highest BCUT2D eigenvalue weighted by Gasteiger charge is 2.06. The van der Waals surface area contributed by atoms with E-state index in [9.17, 15) is 4.79 Å². The molecule has 0 atom stereocenters. The van der Waals surface area contributed by atoms with Crippen LogP contribution in [0.25, 0.3) is 0 Å². The molecule has 1 N–H and O–H groups in total. The smallest absolute Gasteiger partial charge is 0.304 e. The van der Waals surface area contributed by atoms with Crippen LogP contribution >= 0.6 is 11.8 Å². The van der Waals surface area contributed by atoms with E-state index in [2.05, 4.69) is 4.99 Å². The molecule has 0 aromatic carbocycles. The van der Waals surface area contributed by atoms with Gasteiger partial charge < -0.3 is 5.11 Å². The molecule has 0 saturated carbocycles. The molecule has 1 aliphatic rings. The minimum atomic E-state index is -0.723. The third-order valence-corrected chi connectivity index (χ3v) is 2.75. The molecule has 1 aliphatic heterocycles. The van der Waals surface area contributed by atoms with Crippen LogP contribution in [0.15, 0.2) is 4.99 Å². The number of thioether (sulfide) groups is 1. The zero-order chi connectivity index (χ0) is 8.81. The predicted molar refractivity (Wildman–Crippen MR) is 50.9 cm³/mol. The highest BCUT2D eigenvalue weighted by Crippen LogP contribution is 2.16. The summed E-state index contributed by atoms with van der Waals surface area (Å²) >= 11 is 1.59. The van der Waals surface area contributed by atoms with Gasteiger partial charge in [0.25, 0.3) is 0 Å². The van der Waals surface area contributed by atoms with Crippen molar-refractivity contribution in [1.29, 1.82) is 0 Å². The summed E-state index contributed by atoms with van der Waals surface area (Å²) in [6.07, 6.45) is 3.68. The molecule has 0 aromatic rings. The number of aliphatic imine (C=N–C) groups is 1. The van der Waals surface area contributed by atoms with Gasteiger partial charge in [-0.2, -0.15) is 0 Å². The summed E-state index contributed by atoms with van der Waals surface area (Å²) < 4.78 is 0. The average molecular weight is 187 g/mol. The molecule has 4 heteroatoms. The molecule has 0 fully saturated rings. The van der Waals surface area contributed by atoms with E-state index >= 15 is 0 Å². The van der Waals surface area contributed by atoms with Crippen LogP contribution in [0.1, 0.15) is 25.7 Å². The van der Waals surface area contributed by atoms with Crippen molar-refractivity contribution in [3.8, 4) is 0 Å². The van der Waals surface area contributed by atoms with Crippen molar-refractivity contribution in [3.63, 3.8) is 0 Å². The lowest BCUT2D eigenvalue weighted by molar-refractivity contribution is -0.136. The average Bonchev–Trinajstić information content (AvgIpc) is 2.05. The molecular weight excluding hydrogens is 174 g/mol. The van der Waals surface area contributed by atoms with Crippen LogP contribution in [0, 0.1) is 0 Å². The van der Waals surface area contributed by atoms with Crippen LogP contribution in [0.4, 0.5) is 0 Å². The van der Waals surface area contributed by atoms with Gasteiger partial charge in [-0.15, -0.1) is 11.8 Å². The Morgan fingerprint density at radius 2 is 2.42 bits per heavy atom. The van der Waals surface area contributed by atoms with E-state index in [0.717, 1.165) is 18.0 Å². The Morgan fingerprint density at radius 1 is 1.58 bits per heavy atom. The molecule has 0 unspecified atom stereocenters. The van der Waals surface area contributed by atoms with Crippen molar-refractivity contribution in [3.05, 3.63) is 0 Å². The van der Waals surface area contributed by atoms with Crippen LogP contribution < -0.4 is 0 Å². The first-order chi connectivity index (χ1) is 5.79. The third-order valence-electron chi connectivity index (χ3n) is 1.67. The van der Waals surface area contributed by atoms with E-state index in [4.69, 9.17) is 5.11 Å². The molecule has 12 heavy (non-hydrogen) atoms. The highest BCUT2D eigenvalue weighted by atomic mass is 32.2. The number of aliphatic carboxylic acids is 1. The van der Waals surface area contributed by atoms with Gasteiger partial charge in [0.2, 0.25) is 0 Å². The molecule has 1 heterocycles. The summed E-state index contributed by atoms with van der Waals surface area (Å²) in [5, 5.41) is 9.53. The van der Waals surface area contributed by atoms with Gasteiger partial charge in [0.1, 0.15) is 0 Å². The van der Waals surface area contributed by atoms with Gasteiger partial charge >= 0.3 is 5.97 Å². The molecule has 0 radical (unpaired) electrons. The number of hydrogen-bond donors (Lipinski definition) is 1. The maximum absolute atomic E-state index is 10.2. The molecule has 0 saturated heterocycles. The van der Waals surface area contributed by atoms with Gasteiger partial charge in [-0.3, -0.25) is 9.79 Å². The van der Waals surface area contributed by atoms with Crippen molar-refractivity contribution in [2.45, 2.75) is 25.7 Å². The van der Waals surface area contributed by atoms with Crippen LogP contribution in [0.3, 0.4) is 0 Å². The van der Waals surface area contributed by atoms with Gasteiger partial charge in [0.15, 0.2) is 0 Å². The third kappa shape index (κ3) is 3.76. The summed E-state index contributed by atoms with van der Waals surface area (Å²) in [6.45, 7) is 0.926. The molecule has 1 rings (SSSR count). The first-order valence-electron chi connectivity index (χ1n) is 4.17. The highest BCUT2D eigenvalue weighted by molar-refractivity contribution is 8.13. The standard InChI is InChI=1S/C8H13NO2S/c10-8(11)4-6-12-7-3-1-2-5-9-7/h1-6H2,(H,10,11). The van der Waals surface area contributed by atoms with Crippen molar-refractivity contribution in [1.82, 2.24) is 0 Å². The van der Waals surface area contributed by atoms with Crippen LogP contribution in [-0.2, 0) is 4.79 Å². The largest absolute Gasteiger partial charge is 0.481 e. The Kier molecular flexibility index (Phi) is 4.14. The first kappa shape index (κ1) is 9.58. The van der Waals surface area contributed by atoms with Gasteiger partial charge in [-0.1, -0.05) is 0 Å². The predicted octanol–water partition coefficient (Wildman–Crippen LogP) is 1.78. The normalized spacial score (nSPS) is 17.2. The molecule has 3 nitrogen and oxygen atoms in total. The summed E-state index contributed by atoms with van der Waals surface area (Å²) in [5.74, 6) is -0.0624. The molecule has 0 amide bonds.